The Labute approximate surface area is 82.5 Å². The summed E-state index contributed by atoms with van der Waals surface area (Å²) in [6.07, 6.45) is 6.48. The summed E-state index contributed by atoms with van der Waals surface area (Å²) < 4.78 is 0. The third-order valence-corrected chi connectivity index (χ3v) is 3.88. The van der Waals surface area contributed by atoms with Crippen LogP contribution in [0.1, 0.15) is 52.9 Å². The van der Waals surface area contributed by atoms with Crippen LogP contribution in [0.5, 0.6) is 0 Å². The Hall–Kier alpha value is -0.0400. The van der Waals surface area contributed by atoms with Crippen LogP contribution in [0.4, 0.5) is 0 Å². The first kappa shape index (κ1) is 11.0. The molecule has 1 fully saturated rings. The molecule has 0 radical (unpaired) electrons. The van der Waals surface area contributed by atoms with Crippen molar-refractivity contribution in [3.63, 3.8) is 0 Å². The molecule has 1 heteroatoms. The van der Waals surface area contributed by atoms with Gasteiger partial charge in [-0.3, -0.25) is 0 Å². The van der Waals surface area contributed by atoms with Crippen LogP contribution in [0.25, 0.3) is 0 Å². The van der Waals surface area contributed by atoms with E-state index in [2.05, 4.69) is 20.8 Å². The van der Waals surface area contributed by atoms with E-state index in [-0.39, 0.29) is 0 Å². The molecule has 78 valence electrons. The van der Waals surface area contributed by atoms with Gasteiger partial charge in [-0.25, -0.2) is 0 Å². The summed E-state index contributed by atoms with van der Waals surface area (Å²) in [5.41, 5.74) is 0.356. The van der Waals surface area contributed by atoms with Crippen molar-refractivity contribution < 1.29 is 5.11 Å². The average molecular weight is 184 g/mol. The molecule has 0 amide bonds. The van der Waals surface area contributed by atoms with E-state index in [1.54, 1.807) is 0 Å². The lowest BCUT2D eigenvalue weighted by Gasteiger charge is -2.38. The molecule has 1 nitrogen and oxygen atoms in total. The minimum Gasteiger partial charge on any atom is -0.396 e. The highest BCUT2D eigenvalue weighted by molar-refractivity contribution is 4.82. The van der Waals surface area contributed by atoms with Gasteiger partial charge < -0.3 is 5.11 Å². The molecule has 0 saturated heterocycles. The fraction of sp³-hybridized carbons (Fsp3) is 1.00. The molecule has 0 aliphatic heterocycles. The minimum absolute atomic E-state index is 0.346. The molecule has 0 heterocycles. The van der Waals surface area contributed by atoms with Gasteiger partial charge in [0.05, 0.1) is 0 Å². The number of rotatable bonds is 3. The summed E-state index contributed by atoms with van der Waals surface area (Å²) in [5, 5.41) is 8.98. The van der Waals surface area contributed by atoms with Crippen molar-refractivity contribution in [2.24, 2.45) is 17.3 Å². The first-order valence-corrected chi connectivity index (χ1v) is 5.67. The van der Waals surface area contributed by atoms with Gasteiger partial charge in [-0.1, -0.05) is 33.6 Å². The first-order chi connectivity index (χ1) is 6.06. The van der Waals surface area contributed by atoms with Gasteiger partial charge in [0.2, 0.25) is 0 Å². The fourth-order valence-corrected chi connectivity index (χ4v) is 2.53. The van der Waals surface area contributed by atoms with Crippen LogP contribution in [0.15, 0.2) is 0 Å². The van der Waals surface area contributed by atoms with Crippen LogP contribution in [-0.2, 0) is 0 Å². The highest BCUT2D eigenvalue weighted by Gasteiger charge is 2.31. The largest absolute Gasteiger partial charge is 0.396 e. The van der Waals surface area contributed by atoms with Crippen LogP contribution in [-0.4, -0.2) is 11.7 Å². The zero-order valence-corrected chi connectivity index (χ0v) is 9.34. The van der Waals surface area contributed by atoms with Crippen molar-refractivity contribution in [3.05, 3.63) is 0 Å². The molecule has 1 N–H and O–H groups in total. The molecule has 0 aromatic carbocycles. The standard InChI is InChI=1S/C12H24O/c1-10-4-6-11(7-5-10)12(2,3)8-9-13/h10-11,13H,4-9H2,1-3H3. The van der Waals surface area contributed by atoms with E-state index in [1.165, 1.54) is 25.7 Å². The van der Waals surface area contributed by atoms with E-state index in [0.29, 0.717) is 12.0 Å². The quantitative estimate of drug-likeness (QED) is 0.714. The molecule has 1 aliphatic rings. The molecule has 0 aromatic heterocycles. The van der Waals surface area contributed by atoms with Crippen molar-refractivity contribution in [3.8, 4) is 0 Å². The van der Waals surface area contributed by atoms with Gasteiger partial charge in [0.25, 0.3) is 0 Å². The van der Waals surface area contributed by atoms with Gasteiger partial charge in [0, 0.05) is 6.61 Å². The highest BCUT2D eigenvalue weighted by atomic mass is 16.3. The van der Waals surface area contributed by atoms with Crippen molar-refractivity contribution in [1.82, 2.24) is 0 Å². The average Bonchev–Trinajstić information content (AvgIpc) is 2.05. The minimum atomic E-state index is 0.346. The Morgan fingerprint density at radius 1 is 1.15 bits per heavy atom. The maximum Gasteiger partial charge on any atom is 0.0436 e. The highest BCUT2D eigenvalue weighted by Crippen LogP contribution is 2.41. The third-order valence-electron chi connectivity index (χ3n) is 3.88. The van der Waals surface area contributed by atoms with Gasteiger partial charge in [0.15, 0.2) is 0 Å². The zero-order chi connectivity index (χ0) is 9.90. The maximum absolute atomic E-state index is 8.98. The summed E-state index contributed by atoms with van der Waals surface area (Å²) in [5.74, 6) is 1.78. The van der Waals surface area contributed by atoms with Crippen LogP contribution in [0.3, 0.4) is 0 Å². The lowest BCUT2D eigenvalue weighted by atomic mass is 9.68. The maximum atomic E-state index is 8.98. The monoisotopic (exact) mass is 184 g/mol. The van der Waals surface area contributed by atoms with Crippen LogP contribution in [0.2, 0.25) is 0 Å². The van der Waals surface area contributed by atoms with Gasteiger partial charge in [-0.05, 0) is 36.5 Å². The molecule has 13 heavy (non-hydrogen) atoms. The second kappa shape index (κ2) is 4.45. The molecule has 1 saturated carbocycles. The Morgan fingerprint density at radius 2 is 1.69 bits per heavy atom. The number of aliphatic hydroxyl groups excluding tert-OH is 1. The van der Waals surface area contributed by atoms with E-state index < -0.39 is 0 Å². The molecule has 0 unspecified atom stereocenters. The zero-order valence-electron chi connectivity index (χ0n) is 9.34. The Kier molecular flexibility index (Phi) is 3.78. The fourth-order valence-electron chi connectivity index (χ4n) is 2.53. The van der Waals surface area contributed by atoms with Gasteiger partial charge in [0.1, 0.15) is 0 Å². The van der Waals surface area contributed by atoms with Gasteiger partial charge in [-0.15, -0.1) is 0 Å². The molecule has 0 bridgehead atoms. The smallest absolute Gasteiger partial charge is 0.0436 e. The topological polar surface area (TPSA) is 20.2 Å². The first-order valence-electron chi connectivity index (χ1n) is 5.67. The molecule has 0 spiro atoms. The summed E-state index contributed by atoms with van der Waals surface area (Å²) in [6.45, 7) is 7.32. The summed E-state index contributed by atoms with van der Waals surface area (Å²) in [6, 6.07) is 0. The molecular formula is C12H24O. The summed E-state index contributed by atoms with van der Waals surface area (Å²) in [7, 11) is 0. The van der Waals surface area contributed by atoms with Crippen molar-refractivity contribution in [2.75, 3.05) is 6.61 Å². The van der Waals surface area contributed by atoms with E-state index in [1.807, 2.05) is 0 Å². The normalized spacial score (nSPS) is 30.5. The Morgan fingerprint density at radius 3 is 2.15 bits per heavy atom. The van der Waals surface area contributed by atoms with Crippen LogP contribution in [0, 0.1) is 17.3 Å². The predicted molar refractivity (Wildman–Crippen MR) is 56.6 cm³/mol. The predicted octanol–water partition coefficient (Wildman–Crippen LogP) is 3.22. The third kappa shape index (κ3) is 2.98. The second-order valence-electron chi connectivity index (χ2n) is 5.42. The SMILES string of the molecule is CC1CCC(C(C)(C)CCO)CC1. The van der Waals surface area contributed by atoms with Gasteiger partial charge >= 0.3 is 0 Å². The van der Waals surface area contributed by atoms with Gasteiger partial charge in [-0.2, -0.15) is 0 Å². The molecule has 0 atom stereocenters. The number of aliphatic hydroxyl groups is 1. The molecule has 1 aliphatic carbocycles. The van der Waals surface area contributed by atoms with E-state index in [9.17, 15) is 0 Å². The van der Waals surface area contributed by atoms with Crippen molar-refractivity contribution >= 4 is 0 Å². The summed E-state index contributed by atoms with van der Waals surface area (Å²) in [4.78, 5) is 0. The van der Waals surface area contributed by atoms with Crippen molar-refractivity contribution in [1.29, 1.82) is 0 Å². The Bertz CT molecular complexity index is 143. The Balaban J connectivity index is 2.42. The van der Waals surface area contributed by atoms with E-state index in [4.69, 9.17) is 5.11 Å². The van der Waals surface area contributed by atoms with E-state index in [0.717, 1.165) is 18.3 Å². The molecule has 1 rings (SSSR count). The summed E-state index contributed by atoms with van der Waals surface area (Å²) >= 11 is 0. The van der Waals surface area contributed by atoms with E-state index >= 15 is 0 Å². The molecule has 0 aromatic rings. The lowest BCUT2D eigenvalue weighted by molar-refractivity contribution is 0.101. The van der Waals surface area contributed by atoms with Crippen LogP contribution < -0.4 is 0 Å². The number of hydrogen-bond donors (Lipinski definition) is 1. The van der Waals surface area contributed by atoms with Crippen molar-refractivity contribution in [2.45, 2.75) is 52.9 Å². The second-order valence-corrected chi connectivity index (χ2v) is 5.42. The molecular weight excluding hydrogens is 160 g/mol. The number of hydrogen-bond acceptors (Lipinski definition) is 1. The lowest BCUT2D eigenvalue weighted by Crippen LogP contribution is -2.28. The van der Waals surface area contributed by atoms with Crippen LogP contribution >= 0.6 is 0 Å².